The average molecular weight is 433 g/mol. The Bertz CT molecular complexity index is 559. The first kappa shape index (κ1) is 20.3. The van der Waals surface area contributed by atoms with E-state index in [9.17, 15) is 0 Å². The summed E-state index contributed by atoms with van der Waals surface area (Å²) in [6, 6.07) is 2.12. The van der Waals surface area contributed by atoms with E-state index in [-0.39, 0.29) is 29.5 Å². The zero-order valence-electron chi connectivity index (χ0n) is 15.6. The second-order valence-electron chi connectivity index (χ2n) is 7.51. The Morgan fingerprint density at radius 1 is 1.30 bits per heavy atom. The van der Waals surface area contributed by atoms with Gasteiger partial charge in [-0.25, -0.2) is 0 Å². The highest BCUT2D eigenvalue weighted by atomic mass is 127. The van der Waals surface area contributed by atoms with Crippen LogP contribution in [-0.4, -0.2) is 46.3 Å². The molecule has 0 aliphatic carbocycles. The lowest BCUT2D eigenvalue weighted by molar-refractivity contribution is -0.0667. The molecule has 1 fully saturated rings. The largest absolute Gasteiger partial charge is 0.356 e. The molecular weight excluding hydrogens is 401 g/mol. The predicted octanol–water partition coefficient (Wildman–Crippen LogP) is 3.20. The third-order valence-corrected chi connectivity index (χ3v) is 5.29. The van der Waals surface area contributed by atoms with Crippen molar-refractivity contribution in [1.29, 1.82) is 0 Å². The van der Waals surface area contributed by atoms with Gasteiger partial charge in [0, 0.05) is 43.3 Å². The number of aromatic nitrogens is 2. The molecular formula is C17H32IN5. The summed E-state index contributed by atoms with van der Waals surface area (Å²) in [6.45, 7) is 16.3. The second kappa shape index (κ2) is 7.40. The van der Waals surface area contributed by atoms with E-state index in [4.69, 9.17) is 0 Å². The topological polar surface area (TPSA) is 45.5 Å². The lowest BCUT2D eigenvalue weighted by atomic mass is 9.65. The number of hydrogen-bond acceptors (Lipinski definition) is 2. The van der Waals surface area contributed by atoms with Crippen molar-refractivity contribution in [2.75, 3.05) is 20.1 Å². The Balaban J connectivity index is 0.00000264. The molecule has 0 amide bonds. The number of rotatable bonds is 4. The predicted molar refractivity (Wildman–Crippen MR) is 108 cm³/mol. The molecule has 132 valence electrons. The maximum Gasteiger partial charge on any atom is 0.194 e. The summed E-state index contributed by atoms with van der Waals surface area (Å²) in [5.41, 5.74) is 2.79. The van der Waals surface area contributed by atoms with E-state index in [2.05, 4.69) is 65.7 Å². The van der Waals surface area contributed by atoms with Crippen LogP contribution in [0.15, 0.2) is 11.1 Å². The van der Waals surface area contributed by atoms with Gasteiger partial charge in [-0.3, -0.25) is 9.67 Å². The monoisotopic (exact) mass is 433 g/mol. The van der Waals surface area contributed by atoms with Crippen molar-refractivity contribution in [2.45, 2.75) is 60.0 Å². The highest BCUT2D eigenvalue weighted by molar-refractivity contribution is 14.0. The van der Waals surface area contributed by atoms with Gasteiger partial charge in [0.1, 0.15) is 0 Å². The lowest BCUT2D eigenvalue weighted by Crippen LogP contribution is -2.72. The number of aliphatic imine (C=N–C) groups is 1. The summed E-state index contributed by atoms with van der Waals surface area (Å²) < 4.78 is 2.08. The van der Waals surface area contributed by atoms with E-state index in [1.807, 2.05) is 14.0 Å². The molecule has 0 radical (unpaired) electrons. The van der Waals surface area contributed by atoms with Gasteiger partial charge in [0.15, 0.2) is 5.96 Å². The summed E-state index contributed by atoms with van der Waals surface area (Å²) in [6.07, 6.45) is 1.04. The third-order valence-electron chi connectivity index (χ3n) is 5.29. The van der Waals surface area contributed by atoms with E-state index in [1.54, 1.807) is 0 Å². The first-order valence-corrected chi connectivity index (χ1v) is 8.18. The number of hydrogen-bond donors (Lipinski definition) is 1. The molecule has 0 saturated carbocycles. The smallest absolute Gasteiger partial charge is 0.194 e. The molecule has 1 saturated heterocycles. The molecule has 1 aromatic rings. The highest BCUT2D eigenvalue weighted by Crippen LogP contribution is 2.46. The van der Waals surface area contributed by atoms with Gasteiger partial charge < -0.3 is 10.2 Å². The Hall–Kier alpha value is -0.790. The zero-order chi connectivity index (χ0) is 16.5. The molecule has 1 N–H and O–H groups in total. The molecule has 6 heteroatoms. The van der Waals surface area contributed by atoms with Gasteiger partial charge in [0.25, 0.3) is 0 Å². The average Bonchev–Trinajstić information content (AvgIpc) is 2.75. The van der Waals surface area contributed by atoms with Gasteiger partial charge in [-0.05, 0) is 40.2 Å². The summed E-state index contributed by atoms with van der Waals surface area (Å²) in [5.74, 6) is 1.01. The van der Waals surface area contributed by atoms with Crippen LogP contribution in [0, 0.1) is 19.3 Å². The van der Waals surface area contributed by atoms with E-state index in [1.165, 1.54) is 5.69 Å². The van der Waals surface area contributed by atoms with Crippen LogP contribution < -0.4 is 5.32 Å². The first-order chi connectivity index (χ1) is 10.2. The van der Waals surface area contributed by atoms with Crippen molar-refractivity contribution >= 4 is 29.9 Å². The number of halogens is 1. The van der Waals surface area contributed by atoms with Crippen LogP contribution in [0.1, 0.15) is 45.5 Å². The Morgan fingerprint density at radius 2 is 1.96 bits per heavy atom. The number of guanidine groups is 1. The molecule has 1 aromatic heterocycles. The first-order valence-electron chi connectivity index (χ1n) is 8.18. The molecule has 2 heterocycles. The quantitative estimate of drug-likeness (QED) is 0.343. The van der Waals surface area contributed by atoms with E-state index in [0.717, 1.165) is 37.7 Å². The minimum Gasteiger partial charge on any atom is -0.356 e. The molecule has 0 bridgehead atoms. The van der Waals surface area contributed by atoms with Crippen LogP contribution >= 0.6 is 24.0 Å². The Labute approximate surface area is 157 Å². The van der Waals surface area contributed by atoms with E-state index < -0.39 is 0 Å². The fourth-order valence-electron chi connectivity index (χ4n) is 3.03. The van der Waals surface area contributed by atoms with Crippen molar-refractivity contribution in [3.63, 3.8) is 0 Å². The Kier molecular flexibility index (Phi) is 6.52. The normalized spacial score (nSPS) is 19.1. The number of nitrogens with one attached hydrogen (secondary N) is 1. The summed E-state index contributed by atoms with van der Waals surface area (Å²) in [5, 5.41) is 8.00. The van der Waals surface area contributed by atoms with Gasteiger partial charge in [-0.2, -0.15) is 5.10 Å². The van der Waals surface area contributed by atoms with Gasteiger partial charge in [0.2, 0.25) is 0 Å². The molecule has 1 aliphatic rings. The maximum atomic E-state index is 4.50. The Morgan fingerprint density at radius 3 is 2.39 bits per heavy atom. The fourth-order valence-corrected chi connectivity index (χ4v) is 3.03. The molecule has 1 aliphatic heterocycles. The number of nitrogens with zero attached hydrogens (tertiary/aromatic N) is 4. The molecule has 5 nitrogen and oxygen atoms in total. The molecule has 0 spiro atoms. The van der Waals surface area contributed by atoms with Crippen LogP contribution in [0.2, 0.25) is 0 Å². The minimum absolute atomic E-state index is 0. The van der Waals surface area contributed by atoms with Crippen molar-refractivity contribution in [2.24, 2.45) is 10.4 Å². The summed E-state index contributed by atoms with van der Waals surface area (Å²) >= 11 is 0. The van der Waals surface area contributed by atoms with Crippen LogP contribution in [0.25, 0.3) is 0 Å². The van der Waals surface area contributed by atoms with Crippen molar-refractivity contribution in [3.8, 4) is 0 Å². The highest BCUT2D eigenvalue weighted by Gasteiger charge is 2.53. The molecule has 0 aromatic carbocycles. The van der Waals surface area contributed by atoms with E-state index in [0.29, 0.717) is 5.41 Å². The SMILES string of the molecule is CN=C(NCCCn1nc(C)cc1C)N1CC(C)(C)C1(C)C.I. The number of aryl methyl sites for hydroxylation is 3. The van der Waals surface area contributed by atoms with Gasteiger partial charge in [0.05, 0.1) is 5.69 Å². The molecule has 0 unspecified atom stereocenters. The second-order valence-corrected chi connectivity index (χ2v) is 7.51. The third kappa shape index (κ3) is 4.00. The maximum absolute atomic E-state index is 4.50. The standard InChI is InChI=1S/C17H31N5.HI/c1-13-11-14(2)22(20-13)10-8-9-19-15(18-7)21-12-16(3,4)17(21,5)6;/h11H,8-10,12H2,1-7H3,(H,18,19);1H. The number of likely N-dealkylation sites (tertiary alicyclic amines) is 1. The lowest BCUT2D eigenvalue weighted by Gasteiger charge is -2.62. The van der Waals surface area contributed by atoms with Gasteiger partial charge in [-0.1, -0.05) is 13.8 Å². The van der Waals surface area contributed by atoms with Crippen molar-refractivity contribution in [3.05, 3.63) is 17.5 Å². The van der Waals surface area contributed by atoms with Crippen LogP contribution in [0.4, 0.5) is 0 Å². The zero-order valence-corrected chi connectivity index (χ0v) is 17.9. The van der Waals surface area contributed by atoms with Crippen LogP contribution in [-0.2, 0) is 6.54 Å². The fraction of sp³-hybridized carbons (Fsp3) is 0.765. The van der Waals surface area contributed by atoms with Crippen LogP contribution in [0.3, 0.4) is 0 Å². The van der Waals surface area contributed by atoms with Gasteiger partial charge in [-0.15, -0.1) is 24.0 Å². The van der Waals surface area contributed by atoms with Gasteiger partial charge >= 0.3 is 0 Å². The summed E-state index contributed by atoms with van der Waals surface area (Å²) in [7, 11) is 1.87. The van der Waals surface area contributed by atoms with Crippen molar-refractivity contribution in [1.82, 2.24) is 20.0 Å². The molecule has 2 rings (SSSR count). The van der Waals surface area contributed by atoms with Crippen LogP contribution in [0.5, 0.6) is 0 Å². The summed E-state index contributed by atoms with van der Waals surface area (Å²) in [4.78, 5) is 6.82. The molecule has 23 heavy (non-hydrogen) atoms. The van der Waals surface area contributed by atoms with Crippen molar-refractivity contribution < 1.29 is 0 Å². The minimum atomic E-state index is 0. The van der Waals surface area contributed by atoms with E-state index >= 15 is 0 Å². The molecule has 0 atom stereocenters.